The van der Waals surface area contributed by atoms with Gasteiger partial charge in [0.25, 0.3) is 11.5 Å². The molecule has 1 saturated carbocycles. The van der Waals surface area contributed by atoms with Gasteiger partial charge in [0.1, 0.15) is 5.82 Å². The van der Waals surface area contributed by atoms with E-state index in [1.165, 1.54) is 16.7 Å². The fourth-order valence-electron chi connectivity index (χ4n) is 4.79. The van der Waals surface area contributed by atoms with Gasteiger partial charge in [-0.2, -0.15) is 5.10 Å². The second-order valence-electron chi connectivity index (χ2n) is 9.22. The molecule has 5 rings (SSSR count). The average Bonchev–Trinajstić information content (AvgIpc) is 3.27. The van der Waals surface area contributed by atoms with Crippen LogP contribution in [0.3, 0.4) is 0 Å². The van der Waals surface area contributed by atoms with E-state index in [9.17, 15) is 19.1 Å². The minimum Gasteiger partial charge on any atom is -0.393 e. The molecule has 0 spiro atoms. The number of carbonyl (C=O) groups excluding carboxylic acids is 1. The summed E-state index contributed by atoms with van der Waals surface area (Å²) < 4.78 is 17.7. The molecule has 1 fully saturated rings. The number of hydrogen-bond donors (Lipinski definition) is 2. The summed E-state index contributed by atoms with van der Waals surface area (Å²) in [5, 5.41) is 18.2. The zero-order valence-corrected chi connectivity index (χ0v) is 19.4. The van der Waals surface area contributed by atoms with Gasteiger partial charge in [-0.25, -0.2) is 4.39 Å². The highest BCUT2D eigenvalue weighted by atomic mass is 19.1. The van der Waals surface area contributed by atoms with Crippen molar-refractivity contribution in [2.75, 3.05) is 0 Å². The van der Waals surface area contributed by atoms with Crippen LogP contribution in [-0.4, -0.2) is 37.5 Å². The smallest absolute Gasteiger partial charge is 0.258 e. The van der Waals surface area contributed by atoms with Crippen molar-refractivity contribution in [3.05, 3.63) is 88.2 Å². The Balaban J connectivity index is 1.38. The summed E-state index contributed by atoms with van der Waals surface area (Å²) in [4.78, 5) is 25.9. The summed E-state index contributed by atoms with van der Waals surface area (Å²) >= 11 is 0. The largest absolute Gasteiger partial charge is 0.393 e. The van der Waals surface area contributed by atoms with E-state index in [1.807, 2.05) is 31.3 Å². The molecule has 7 nitrogen and oxygen atoms in total. The highest BCUT2D eigenvalue weighted by Gasteiger charge is 2.21. The van der Waals surface area contributed by atoms with Crippen molar-refractivity contribution in [2.45, 2.75) is 44.4 Å². The highest BCUT2D eigenvalue weighted by molar-refractivity contribution is 5.94. The van der Waals surface area contributed by atoms with Gasteiger partial charge in [-0.1, -0.05) is 6.07 Å². The van der Waals surface area contributed by atoms with Gasteiger partial charge in [0, 0.05) is 42.0 Å². The molecule has 4 aromatic rings. The summed E-state index contributed by atoms with van der Waals surface area (Å²) in [6.07, 6.45) is 5.79. The van der Waals surface area contributed by atoms with Crippen molar-refractivity contribution >= 4 is 16.7 Å². The predicted octanol–water partition coefficient (Wildman–Crippen LogP) is 3.62. The summed E-state index contributed by atoms with van der Waals surface area (Å²) in [7, 11) is 1.87. The number of carbonyl (C=O) groups is 1. The molecule has 35 heavy (non-hydrogen) atoms. The Morgan fingerprint density at radius 1 is 1.11 bits per heavy atom. The fourth-order valence-corrected chi connectivity index (χ4v) is 4.79. The van der Waals surface area contributed by atoms with Gasteiger partial charge in [-0.15, -0.1) is 0 Å². The first-order chi connectivity index (χ1) is 16.9. The molecule has 0 saturated heterocycles. The zero-order chi connectivity index (χ0) is 24.5. The topological polar surface area (TPSA) is 89.2 Å². The van der Waals surface area contributed by atoms with Crippen molar-refractivity contribution in [1.29, 1.82) is 0 Å². The molecule has 0 atom stereocenters. The van der Waals surface area contributed by atoms with Crippen LogP contribution in [0.4, 0.5) is 4.39 Å². The second-order valence-corrected chi connectivity index (χ2v) is 9.22. The van der Waals surface area contributed by atoms with Crippen LogP contribution in [0.15, 0.2) is 65.7 Å². The molecule has 0 unspecified atom stereocenters. The van der Waals surface area contributed by atoms with Crippen LogP contribution >= 0.6 is 0 Å². The molecule has 8 heteroatoms. The summed E-state index contributed by atoms with van der Waals surface area (Å²) in [6.45, 7) is 0.145. The number of aryl methyl sites for hydroxylation is 1. The molecule has 2 aromatic carbocycles. The van der Waals surface area contributed by atoms with E-state index in [0.29, 0.717) is 36.6 Å². The van der Waals surface area contributed by atoms with E-state index in [2.05, 4.69) is 10.4 Å². The van der Waals surface area contributed by atoms with E-state index < -0.39 is 5.82 Å². The lowest BCUT2D eigenvalue weighted by Gasteiger charge is -2.26. The van der Waals surface area contributed by atoms with E-state index >= 15 is 0 Å². The third kappa shape index (κ3) is 4.88. The maximum absolute atomic E-state index is 14.4. The van der Waals surface area contributed by atoms with E-state index in [4.69, 9.17) is 0 Å². The number of benzene rings is 2. The maximum atomic E-state index is 14.4. The standard InChI is InChI=1S/C27H27FN4O3/c1-31-25(8-10-29-31)19-2-7-24-18(14-19)9-11-32(27(24)35)16-17-12-20(15-21(28)13-17)26(34)30-22-3-5-23(33)6-4-22/h2,7-15,22-23,33H,3-6,16H2,1H3,(H,30,34)/t22-,23+. The van der Waals surface area contributed by atoms with E-state index in [1.54, 1.807) is 29.2 Å². The number of halogens is 1. The fraction of sp³-hybridized carbons (Fsp3) is 0.296. The number of fused-ring (bicyclic) bond motifs is 1. The van der Waals surface area contributed by atoms with E-state index in [-0.39, 0.29) is 35.7 Å². The van der Waals surface area contributed by atoms with Gasteiger partial charge in [-0.05, 0) is 79.1 Å². The number of aromatic nitrogens is 3. The van der Waals surface area contributed by atoms with Crippen LogP contribution in [0.1, 0.15) is 41.6 Å². The number of aliphatic hydroxyl groups is 1. The van der Waals surface area contributed by atoms with Crippen molar-refractivity contribution in [3.8, 4) is 11.3 Å². The molecule has 0 radical (unpaired) electrons. The van der Waals surface area contributed by atoms with Crippen LogP contribution < -0.4 is 10.9 Å². The minimum atomic E-state index is -0.527. The Hall–Kier alpha value is -3.78. The van der Waals surface area contributed by atoms with Crippen LogP contribution in [0.5, 0.6) is 0 Å². The normalized spacial score (nSPS) is 18.0. The lowest BCUT2D eigenvalue weighted by molar-refractivity contribution is 0.0867. The zero-order valence-electron chi connectivity index (χ0n) is 19.4. The molecular formula is C27H27FN4O3. The molecule has 1 amide bonds. The van der Waals surface area contributed by atoms with Crippen LogP contribution in [0.25, 0.3) is 22.0 Å². The first kappa shape index (κ1) is 23.0. The number of aliphatic hydroxyl groups excluding tert-OH is 1. The Morgan fingerprint density at radius 3 is 2.66 bits per heavy atom. The first-order valence-electron chi connectivity index (χ1n) is 11.8. The molecule has 1 aliphatic carbocycles. The maximum Gasteiger partial charge on any atom is 0.258 e. The first-order valence-corrected chi connectivity index (χ1v) is 11.8. The quantitative estimate of drug-likeness (QED) is 0.462. The van der Waals surface area contributed by atoms with Crippen molar-refractivity contribution in [3.63, 3.8) is 0 Å². The Kier molecular flexibility index (Phi) is 6.21. The summed E-state index contributed by atoms with van der Waals surface area (Å²) in [5.74, 6) is -0.873. The second kappa shape index (κ2) is 9.46. The third-order valence-corrected chi connectivity index (χ3v) is 6.70. The Bertz CT molecular complexity index is 1450. The SMILES string of the molecule is Cn1nccc1-c1ccc2c(=O)n(Cc3cc(F)cc(C(=O)N[C@H]4CC[C@@H](O)CC4)c3)ccc2c1. The summed E-state index contributed by atoms with van der Waals surface area (Å²) in [5.41, 5.74) is 2.48. The van der Waals surface area contributed by atoms with Crippen molar-refractivity contribution in [1.82, 2.24) is 19.7 Å². The van der Waals surface area contributed by atoms with Gasteiger partial charge < -0.3 is 15.0 Å². The molecule has 1 aliphatic rings. The lowest BCUT2D eigenvalue weighted by Crippen LogP contribution is -2.38. The number of amides is 1. The number of hydrogen-bond acceptors (Lipinski definition) is 4. The highest BCUT2D eigenvalue weighted by Crippen LogP contribution is 2.23. The molecular weight excluding hydrogens is 447 g/mol. The molecule has 0 aliphatic heterocycles. The molecule has 2 N–H and O–H groups in total. The molecule has 2 heterocycles. The molecule has 0 bridgehead atoms. The number of nitrogens with one attached hydrogen (secondary N) is 1. The summed E-state index contributed by atoms with van der Waals surface area (Å²) in [6, 6.07) is 13.6. The minimum absolute atomic E-state index is 0.0306. The Labute approximate surface area is 201 Å². The predicted molar refractivity (Wildman–Crippen MR) is 132 cm³/mol. The van der Waals surface area contributed by atoms with Gasteiger partial charge in [-0.3, -0.25) is 14.3 Å². The van der Waals surface area contributed by atoms with Crippen molar-refractivity contribution in [2.24, 2.45) is 7.05 Å². The van der Waals surface area contributed by atoms with Crippen LogP contribution in [-0.2, 0) is 13.6 Å². The lowest BCUT2D eigenvalue weighted by atomic mass is 9.93. The van der Waals surface area contributed by atoms with Gasteiger partial charge in [0.05, 0.1) is 18.3 Å². The molecule has 180 valence electrons. The average molecular weight is 475 g/mol. The molecule has 2 aromatic heterocycles. The van der Waals surface area contributed by atoms with E-state index in [0.717, 1.165) is 16.6 Å². The Morgan fingerprint density at radius 2 is 1.91 bits per heavy atom. The van der Waals surface area contributed by atoms with Crippen molar-refractivity contribution < 1.29 is 14.3 Å². The van der Waals surface area contributed by atoms with Gasteiger partial charge >= 0.3 is 0 Å². The monoisotopic (exact) mass is 474 g/mol. The van der Waals surface area contributed by atoms with Gasteiger partial charge in [0.15, 0.2) is 0 Å². The third-order valence-electron chi connectivity index (χ3n) is 6.70. The van der Waals surface area contributed by atoms with Crippen LogP contribution in [0, 0.1) is 5.82 Å². The number of pyridine rings is 1. The van der Waals surface area contributed by atoms with Gasteiger partial charge in [0.2, 0.25) is 0 Å². The van der Waals surface area contributed by atoms with Crippen LogP contribution in [0.2, 0.25) is 0 Å². The number of nitrogens with zero attached hydrogens (tertiary/aromatic N) is 3. The number of rotatable bonds is 5.